The second-order valence-corrected chi connectivity index (χ2v) is 8.62. The second-order valence-electron chi connectivity index (χ2n) is 6.94. The van der Waals surface area contributed by atoms with E-state index in [1.165, 1.54) is 16.7 Å². The average molecular weight is 449 g/mol. The molecule has 1 saturated heterocycles. The minimum absolute atomic E-state index is 0.0935. The predicted molar refractivity (Wildman–Crippen MR) is 128 cm³/mol. The summed E-state index contributed by atoms with van der Waals surface area (Å²) in [5.41, 5.74) is 2.97. The van der Waals surface area contributed by atoms with Gasteiger partial charge in [-0.25, -0.2) is 0 Å². The molecule has 1 fully saturated rings. The van der Waals surface area contributed by atoms with Crippen LogP contribution in [-0.4, -0.2) is 27.6 Å². The fourth-order valence-corrected chi connectivity index (χ4v) is 4.48. The molecule has 5 nitrogen and oxygen atoms in total. The van der Waals surface area contributed by atoms with Crippen LogP contribution in [-0.2, 0) is 9.59 Å². The molecular weight excluding hydrogens is 428 g/mol. The molecule has 0 bridgehead atoms. The zero-order valence-corrected chi connectivity index (χ0v) is 18.2. The lowest BCUT2D eigenvalue weighted by Crippen LogP contribution is -2.29. The van der Waals surface area contributed by atoms with E-state index < -0.39 is 0 Å². The minimum Gasteiger partial charge on any atom is -0.465 e. The number of rotatable bonds is 7. The highest BCUT2D eigenvalue weighted by molar-refractivity contribution is 8.26. The Morgan fingerprint density at radius 2 is 1.77 bits per heavy atom. The molecule has 31 heavy (non-hydrogen) atoms. The van der Waals surface area contributed by atoms with Crippen LogP contribution in [0.5, 0.6) is 0 Å². The van der Waals surface area contributed by atoms with Crippen LogP contribution in [0.4, 0.5) is 5.69 Å². The van der Waals surface area contributed by atoms with Crippen molar-refractivity contribution in [1.29, 1.82) is 0 Å². The summed E-state index contributed by atoms with van der Waals surface area (Å²) < 4.78 is 5.76. The Hall–Kier alpha value is -3.16. The fourth-order valence-electron chi connectivity index (χ4n) is 3.19. The molecule has 3 aromatic rings. The van der Waals surface area contributed by atoms with Gasteiger partial charge in [-0.3, -0.25) is 14.5 Å². The van der Waals surface area contributed by atoms with Crippen LogP contribution in [0, 0.1) is 0 Å². The maximum Gasteiger partial charge on any atom is 0.266 e. The number of benzene rings is 2. The van der Waals surface area contributed by atoms with Gasteiger partial charge in [0.05, 0.1) is 11.2 Å². The molecule has 0 atom stereocenters. The number of anilines is 1. The quantitative estimate of drug-likeness (QED) is 0.378. The lowest BCUT2D eigenvalue weighted by atomic mass is 10.1. The highest BCUT2D eigenvalue weighted by Gasteiger charge is 2.31. The maximum absolute atomic E-state index is 12.6. The number of amides is 2. The van der Waals surface area contributed by atoms with E-state index in [0.717, 1.165) is 16.8 Å². The number of nitrogens with one attached hydrogen (secondary N) is 1. The number of furan rings is 1. The highest BCUT2D eigenvalue weighted by atomic mass is 32.2. The van der Waals surface area contributed by atoms with Crippen molar-refractivity contribution in [3.63, 3.8) is 0 Å². The molecule has 2 amide bonds. The molecule has 7 heteroatoms. The van der Waals surface area contributed by atoms with Crippen LogP contribution >= 0.6 is 24.0 Å². The van der Waals surface area contributed by atoms with Crippen LogP contribution in [0.3, 0.4) is 0 Å². The van der Waals surface area contributed by atoms with Crippen molar-refractivity contribution < 1.29 is 14.0 Å². The van der Waals surface area contributed by atoms with Crippen molar-refractivity contribution in [3.8, 4) is 11.1 Å². The van der Waals surface area contributed by atoms with E-state index in [4.69, 9.17) is 16.6 Å². The summed E-state index contributed by atoms with van der Waals surface area (Å²) in [4.78, 5) is 26.9. The molecule has 1 aliphatic heterocycles. The molecule has 0 spiro atoms. The van der Waals surface area contributed by atoms with Gasteiger partial charge in [0.1, 0.15) is 10.1 Å². The van der Waals surface area contributed by atoms with Gasteiger partial charge in [0, 0.05) is 24.7 Å². The van der Waals surface area contributed by atoms with Crippen molar-refractivity contribution in [2.24, 2.45) is 0 Å². The zero-order chi connectivity index (χ0) is 21.6. The lowest BCUT2D eigenvalue weighted by molar-refractivity contribution is -0.122. The van der Waals surface area contributed by atoms with Crippen molar-refractivity contribution in [2.45, 2.75) is 12.8 Å². The molecule has 1 N–H and O–H groups in total. The molecule has 0 radical (unpaired) electrons. The van der Waals surface area contributed by atoms with Crippen molar-refractivity contribution in [3.05, 3.63) is 83.7 Å². The molecule has 4 rings (SSSR count). The molecule has 2 aromatic carbocycles. The number of thioether (sulfide) groups is 1. The van der Waals surface area contributed by atoms with Crippen LogP contribution in [0.2, 0.25) is 0 Å². The molecule has 1 aromatic heterocycles. The summed E-state index contributed by atoms with van der Waals surface area (Å²) in [5.74, 6) is 0.366. The van der Waals surface area contributed by atoms with Gasteiger partial charge < -0.3 is 9.73 Å². The van der Waals surface area contributed by atoms with Gasteiger partial charge in [-0.2, -0.15) is 0 Å². The number of carbonyl (C=O) groups excluding carboxylic acids is 2. The summed E-state index contributed by atoms with van der Waals surface area (Å²) in [6, 6.07) is 21.4. The Kier molecular flexibility index (Phi) is 6.64. The van der Waals surface area contributed by atoms with Crippen LogP contribution in [0.15, 0.2) is 82.3 Å². The van der Waals surface area contributed by atoms with Crippen LogP contribution in [0.25, 0.3) is 17.2 Å². The van der Waals surface area contributed by atoms with E-state index in [9.17, 15) is 9.59 Å². The summed E-state index contributed by atoms with van der Waals surface area (Å²) in [7, 11) is 0. The van der Waals surface area contributed by atoms with E-state index >= 15 is 0 Å². The van der Waals surface area contributed by atoms with Gasteiger partial charge in [-0.15, -0.1) is 0 Å². The molecular formula is C24H20N2O3S2. The Labute approximate surface area is 190 Å². The van der Waals surface area contributed by atoms with Crippen LogP contribution in [0.1, 0.15) is 18.6 Å². The number of thiocarbonyl (C=S) groups is 1. The monoisotopic (exact) mass is 448 g/mol. The summed E-state index contributed by atoms with van der Waals surface area (Å²) >= 11 is 6.57. The zero-order valence-electron chi connectivity index (χ0n) is 16.6. The summed E-state index contributed by atoms with van der Waals surface area (Å²) in [6.45, 7) is 0.403. The Morgan fingerprint density at radius 3 is 2.48 bits per heavy atom. The number of nitrogens with zero attached hydrogens (tertiary/aromatic N) is 1. The van der Waals surface area contributed by atoms with Gasteiger partial charge in [0.2, 0.25) is 5.91 Å². The van der Waals surface area contributed by atoms with Crippen LogP contribution < -0.4 is 5.32 Å². The second kappa shape index (κ2) is 9.76. The largest absolute Gasteiger partial charge is 0.465 e. The fraction of sp³-hybridized carbons (Fsp3) is 0.125. The first-order valence-electron chi connectivity index (χ1n) is 9.84. The first-order chi connectivity index (χ1) is 15.1. The predicted octanol–water partition coefficient (Wildman–Crippen LogP) is 5.57. The highest BCUT2D eigenvalue weighted by Crippen LogP contribution is 2.32. The Balaban J connectivity index is 1.26. The summed E-state index contributed by atoms with van der Waals surface area (Å²) in [5, 5.41) is 2.90. The van der Waals surface area contributed by atoms with Gasteiger partial charge in [0.25, 0.3) is 5.91 Å². The van der Waals surface area contributed by atoms with Gasteiger partial charge in [0.15, 0.2) is 0 Å². The lowest BCUT2D eigenvalue weighted by Gasteiger charge is -2.14. The molecule has 2 heterocycles. The van der Waals surface area contributed by atoms with Crippen molar-refractivity contribution in [2.75, 3.05) is 11.9 Å². The molecule has 0 unspecified atom stereocenters. The molecule has 0 aliphatic carbocycles. The van der Waals surface area contributed by atoms with Gasteiger partial charge in [-0.1, -0.05) is 66.4 Å². The van der Waals surface area contributed by atoms with E-state index in [-0.39, 0.29) is 11.8 Å². The van der Waals surface area contributed by atoms with Gasteiger partial charge in [-0.05, 0) is 41.8 Å². The molecule has 156 valence electrons. The third-order valence-electron chi connectivity index (χ3n) is 4.75. The van der Waals surface area contributed by atoms with E-state index in [2.05, 4.69) is 5.32 Å². The number of carbonyl (C=O) groups is 2. The Morgan fingerprint density at radius 1 is 1.03 bits per heavy atom. The topological polar surface area (TPSA) is 62.6 Å². The first kappa shape index (κ1) is 21.1. The summed E-state index contributed by atoms with van der Waals surface area (Å²) in [6.07, 6.45) is 4.06. The van der Waals surface area contributed by atoms with E-state index in [1.807, 2.05) is 54.6 Å². The van der Waals surface area contributed by atoms with Gasteiger partial charge >= 0.3 is 0 Å². The third kappa shape index (κ3) is 5.31. The molecule has 1 aliphatic rings. The third-order valence-corrected chi connectivity index (χ3v) is 6.13. The molecule has 0 saturated carbocycles. The maximum atomic E-state index is 12.6. The Bertz CT molecular complexity index is 1110. The minimum atomic E-state index is -0.150. The standard InChI is InChI=1S/C24H20N2O3S2/c27-22(25-19-12-10-18(11-13-19)17-6-2-1-3-7-17)9-4-14-26-23(28)21(31-24(26)30)16-20-8-5-15-29-20/h1-3,5-8,10-13,15-16H,4,9,14H2,(H,25,27)/b21-16+. The first-order valence-corrected chi connectivity index (χ1v) is 11.1. The smallest absolute Gasteiger partial charge is 0.266 e. The van der Waals surface area contributed by atoms with Crippen molar-refractivity contribution in [1.82, 2.24) is 4.90 Å². The van der Waals surface area contributed by atoms with Crippen molar-refractivity contribution >= 4 is 51.9 Å². The normalized spacial score (nSPS) is 15.0. The number of hydrogen-bond acceptors (Lipinski definition) is 5. The SMILES string of the molecule is O=C(CCCN1C(=O)/C(=C\c2ccco2)SC1=S)Nc1ccc(-c2ccccc2)cc1. The average Bonchev–Trinajstić information content (AvgIpc) is 3.38. The number of hydrogen-bond donors (Lipinski definition) is 1. The van der Waals surface area contributed by atoms with E-state index in [1.54, 1.807) is 24.5 Å². The van der Waals surface area contributed by atoms with E-state index in [0.29, 0.717) is 34.4 Å².